The first kappa shape index (κ1) is 6.43. The molecule has 0 saturated carbocycles. The van der Waals surface area contributed by atoms with Crippen LogP contribution in [0.4, 0.5) is 0 Å². The first-order valence-corrected chi connectivity index (χ1v) is 1.99. The summed E-state index contributed by atoms with van der Waals surface area (Å²) in [7, 11) is 0. The molecule has 0 spiro atoms. The van der Waals surface area contributed by atoms with Crippen molar-refractivity contribution >= 4 is 5.97 Å². The highest BCUT2D eigenvalue weighted by Crippen LogP contribution is 1.84. The van der Waals surface area contributed by atoms with Gasteiger partial charge in [-0.1, -0.05) is 0 Å². The van der Waals surface area contributed by atoms with Crippen LogP contribution in [0.25, 0.3) is 0 Å². The van der Waals surface area contributed by atoms with E-state index in [1.165, 1.54) is 0 Å². The number of epoxide rings is 1. The third kappa shape index (κ3) is 346. The molecule has 3 nitrogen and oxygen atoms in total. The van der Waals surface area contributed by atoms with Gasteiger partial charge in [0.05, 0.1) is 13.2 Å². The van der Waals surface area contributed by atoms with Crippen LogP contribution in [0.15, 0.2) is 0 Å². The predicted molar refractivity (Wildman–Crippen MR) is 22.2 cm³/mol. The van der Waals surface area contributed by atoms with Crippen LogP contribution in [-0.4, -0.2) is 19.2 Å². The van der Waals surface area contributed by atoms with Gasteiger partial charge in [-0.05, 0) is 0 Å². The fourth-order valence-electron chi connectivity index (χ4n) is 0. The number of ether oxygens (including phenoxy) is 1. The molecule has 0 aromatic rings. The summed E-state index contributed by atoms with van der Waals surface area (Å²) in [5.74, 6) is -1.08. The summed E-state index contributed by atoms with van der Waals surface area (Å²) in [6, 6.07) is 0. The average Bonchev–Trinajstić information content (AvgIpc) is 2.02. The molecular formula is C4H7O3. The Morgan fingerprint density at radius 3 is 1.71 bits per heavy atom. The molecule has 0 unspecified atom stereocenters. The minimum absolute atomic E-state index is 0.972. The normalized spacial score (nSPS) is 13.9. The highest BCUT2D eigenvalue weighted by Gasteiger charge is 1.94. The van der Waals surface area contributed by atoms with Crippen molar-refractivity contribution in [3.05, 3.63) is 0 Å². The fraction of sp³-hybridized carbons (Fsp3) is 0.750. The van der Waals surface area contributed by atoms with Crippen LogP contribution in [0, 0.1) is 0 Å². The highest BCUT2D eigenvalue weighted by atomic mass is 16.6. The van der Waals surface area contributed by atoms with E-state index in [1.54, 1.807) is 0 Å². The zero-order valence-electron chi connectivity index (χ0n) is 4.14. The molecule has 7 heavy (non-hydrogen) atoms. The van der Waals surface area contributed by atoms with Gasteiger partial charge in [0.1, 0.15) is 0 Å². The van der Waals surface area contributed by atoms with Gasteiger partial charge in [-0.25, -0.2) is 9.90 Å². The zero-order chi connectivity index (χ0) is 5.70. The van der Waals surface area contributed by atoms with Gasteiger partial charge in [0.15, 0.2) is 0 Å². The molecule has 0 aromatic carbocycles. The predicted octanol–water partition coefficient (Wildman–Crippen LogP) is -0.0200. The second-order valence-electron chi connectivity index (χ2n) is 1.10. The molecule has 1 aliphatic rings. The summed E-state index contributed by atoms with van der Waals surface area (Å²) in [6.45, 7) is 2.97. The van der Waals surface area contributed by atoms with Gasteiger partial charge in [0.25, 0.3) is 0 Å². The van der Waals surface area contributed by atoms with Crippen molar-refractivity contribution in [2.24, 2.45) is 0 Å². The number of carbonyl (C=O) groups is 1. The SMILES string of the molecule is C1CO1.CC([O])=O. The largest absolute Gasteiger partial charge is 0.377 e. The maximum absolute atomic E-state index is 8.89. The average molecular weight is 103 g/mol. The van der Waals surface area contributed by atoms with Crippen molar-refractivity contribution in [3.8, 4) is 0 Å². The van der Waals surface area contributed by atoms with Gasteiger partial charge >= 0.3 is 5.97 Å². The highest BCUT2D eigenvalue weighted by molar-refractivity contribution is 5.62. The van der Waals surface area contributed by atoms with E-state index in [1.807, 2.05) is 0 Å². The second-order valence-corrected chi connectivity index (χ2v) is 1.10. The first-order valence-electron chi connectivity index (χ1n) is 1.99. The van der Waals surface area contributed by atoms with Gasteiger partial charge in [-0.3, -0.25) is 0 Å². The van der Waals surface area contributed by atoms with E-state index in [4.69, 9.17) is 9.90 Å². The van der Waals surface area contributed by atoms with Gasteiger partial charge in [0, 0.05) is 6.92 Å². The van der Waals surface area contributed by atoms with Crippen LogP contribution in [-0.2, 0) is 14.6 Å². The monoisotopic (exact) mass is 103 g/mol. The lowest BCUT2D eigenvalue weighted by molar-refractivity contribution is -0.140. The minimum Gasteiger partial charge on any atom is -0.377 e. The Balaban J connectivity index is 0.000000105. The topological polar surface area (TPSA) is 49.5 Å². The Kier molecular flexibility index (Phi) is 3.32. The minimum atomic E-state index is -1.08. The van der Waals surface area contributed by atoms with Crippen LogP contribution in [0.3, 0.4) is 0 Å². The van der Waals surface area contributed by atoms with Crippen molar-refractivity contribution in [2.75, 3.05) is 13.2 Å². The lowest BCUT2D eigenvalue weighted by Crippen LogP contribution is -1.74. The molecule has 0 aliphatic carbocycles. The molecule has 1 fully saturated rings. The summed E-state index contributed by atoms with van der Waals surface area (Å²) < 4.78 is 4.50. The van der Waals surface area contributed by atoms with Crippen LogP contribution < -0.4 is 0 Å². The van der Waals surface area contributed by atoms with E-state index < -0.39 is 5.97 Å². The summed E-state index contributed by atoms with van der Waals surface area (Å²) in [6.07, 6.45) is 0. The molecule has 3 heteroatoms. The van der Waals surface area contributed by atoms with Crippen molar-refractivity contribution in [1.29, 1.82) is 0 Å². The molecule has 1 rings (SSSR count). The molecule has 1 heterocycles. The maximum Gasteiger partial charge on any atom is 0.352 e. The Morgan fingerprint density at radius 2 is 1.71 bits per heavy atom. The maximum atomic E-state index is 8.89. The van der Waals surface area contributed by atoms with Crippen molar-refractivity contribution in [1.82, 2.24) is 0 Å². The van der Waals surface area contributed by atoms with Crippen molar-refractivity contribution in [2.45, 2.75) is 6.92 Å². The van der Waals surface area contributed by atoms with E-state index in [9.17, 15) is 0 Å². The molecule has 0 atom stereocenters. The summed E-state index contributed by atoms with van der Waals surface area (Å²) in [5.41, 5.74) is 0. The van der Waals surface area contributed by atoms with E-state index >= 15 is 0 Å². The molecule has 0 amide bonds. The molecule has 41 valence electrons. The number of rotatable bonds is 0. The quantitative estimate of drug-likeness (QED) is 0.404. The zero-order valence-corrected chi connectivity index (χ0v) is 4.14. The Hall–Kier alpha value is -0.570. The summed E-state index contributed by atoms with van der Waals surface area (Å²) in [5, 5.41) is 8.89. The lowest BCUT2D eigenvalue weighted by atomic mass is 10.9. The first-order chi connectivity index (χ1) is 3.23. The number of hydrogen-bond acceptors (Lipinski definition) is 2. The number of carbonyl (C=O) groups excluding carboxylic acids is 1. The van der Waals surface area contributed by atoms with E-state index in [0.717, 1.165) is 20.1 Å². The van der Waals surface area contributed by atoms with Crippen molar-refractivity contribution in [3.63, 3.8) is 0 Å². The molecule has 0 N–H and O–H groups in total. The molecule has 1 radical (unpaired) electrons. The van der Waals surface area contributed by atoms with Crippen LogP contribution >= 0.6 is 0 Å². The van der Waals surface area contributed by atoms with Crippen LogP contribution in [0.2, 0.25) is 0 Å². The van der Waals surface area contributed by atoms with Crippen LogP contribution in [0.1, 0.15) is 6.92 Å². The smallest absolute Gasteiger partial charge is 0.352 e. The molecule has 0 bridgehead atoms. The van der Waals surface area contributed by atoms with Gasteiger partial charge < -0.3 is 4.74 Å². The van der Waals surface area contributed by atoms with Gasteiger partial charge in [0.2, 0.25) is 0 Å². The Labute approximate surface area is 41.9 Å². The third-order valence-electron chi connectivity index (χ3n) is 0.204. The van der Waals surface area contributed by atoms with E-state index in [-0.39, 0.29) is 0 Å². The standard InChI is InChI=1S/C2H3O2.C2H4O/c1-2(3)4;1-2-3-1/h1H3;1-2H2. The molecule has 0 aromatic heterocycles. The fourth-order valence-corrected chi connectivity index (χ4v) is 0. The molecule has 1 aliphatic heterocycles. The Bertz CT molecular complexity index is 51.2. The lowest BCUT2D eigenvalue weighted by Gasteiger charge is -1.50. The third-order valence-corrected chi connectivity index (χ3v) is 0.204. The Morgan fingerprint density at radius 1 is 1.57 bits per heavy atom. The molecule has 1 saturated heterocycles. The second kappa shape index (κ2) is 3.61. The van der Waals surface area contributed by atoms with Crippen LogP contribution in [0.5, 0.6) is 0 Å². The summed E-state index contributed by atoms with van der Waals surface area (Å²) in [4.78, 5) is 8.89. The van der Waals surface area contributed by atoms with E-state index in [2.05, 4.69) is 4.74 Å². The van der Waals surface area contributed by atoms with E-state index in [0.29, 0.717) is 0 Å². The van der Waals surface area contributed by atoms with Crippen molar-refractivity contribution < 1.29 is 14.6 Å². The van der Waals surface area contributed by atoms with Gasteiger partial charge in [-0.2, -0.15) is 0 Å². The number of hydrogen-bond donors (Lipinski definition) is 0. The molecular weight excluding hydrogens is 96.0 g/mol. The summed E-state index contributed by atoms with van der Waals surface area (Å²) >= 11 is 0. The van der Waals surface area contributed by atoms with Gasteiger partial charge in [-0.15, -0.1) is 0 Å².